The summed E-state index contributed by atoms with van der Waals surface area (Å²) in [5, 5.41) is 2.47. The summed E-state index contributed by atoms with van der Waals surface area (Å²) in [5.74, 6) is 0.155. The molecule has 7 heteroatoms. The van der Waals surface area contributed by atoms with E-state index >= 15 is 0 Å². The Morgan fingerprint density at radius 2 is 2.00 bits per heavy atom. The molecular weight excluding hydrogens is 369 g/mol. The molecule has 0 aliphatic carbocycles. The monoisotopic (exact) mass is 394 g/mol. The molecule has 0 saturated carbocycles. The van der Waals surface area contributed by atoms with Crippen LogP contribution in [0.2, 0.25) is 0 Å². The summed E-state index contributed by atoms with van der Waals surface area (Å²) in [6.07, 6.45) is -2.70. The molecule has 1 aliphatic heterocycles. The van der Waals surface area contributed by atoms with Crippen LogP contribution in [0.1, 0.15) is 51.6 Å². The Balaban J connectivity index is 2.06. The average molecular weight is 394 g/mol. The number of nitrogens with one attached hydrogen (secondary N) is 1. The van der Waals surface area contributed by atoms with Gasteiger partial charge in [-0.15, -0.1) is 0 Å². The highest BCUT2D eigenvalue weighted by molar-refractivity contribution is 5.89. The number of nitrogens with zero attached hydrogens (tertiary/aromatic N) is 1. The number of carbonyl (C=O) groups excluding carboxylic acids is 1. The molecule has 2 aromatic carbocycles. The van der Waals surface area contributed by atoms with Crippen LogP contribution in [0.4, 0.5) is 13.2 Å². The predicted molar refractivity (Wildman–Crippen MR) is 102 cm³/mol. The van der Waals surface area contributed by atoms with Crippen molar-refractivity contribution < 1.29 is 22.7 Å². The van der Waals surface area contributed by atoms with E-state index in [0.29, 0.717) is 17.7 Å². The van der Waals surface area contributed by atoms with E-state index < -0.39 is 23.7 Å². The third-order valence-electron chi connectivity index (χ3n) is 5.00. The van der Waals surface area contributed by atoms with Crippen molar-refractivity contribution in [2.75, 3.05) is 6.61 Å². The van der Waals surface area contributed by atoms with Crippen LogP contribution in [-0.4, -0.2) is 29.2 Å². The number of ether oxygens (including phenoxy) is 1. The quantitative estimate of drug-likeness (QED) is 0.690. The minimum Gasteiger partial charge on any atom is -0.493 e. The van der Waals surface area contributed by atoms with Gasteiger partial charge < -0.3 is 4.74 Å². The summed E-state index contributed by atoms with van der Waals surface area (Å²) in [5.41, 5.74) is 1.51. The molecule has 1 aliphatic rings. The van der Waals surface area contributed by atoms with E-state index in [1.54, 1.807) is 26.0 Å². The molecule has 1 heterocycles. The third-order valence-corrected chi connectivity index (χ3v) is 5.00. The summed E-state index contributed by atoms with van der Waals surface area (Å²) >= 11 is 0. The second-order valence-electron chi connectivity index (χ2n) is 7.78. The van der Waals surface area contributed by atoms with Crippen LogP contribution < -0.4 is 10.2 Å². The Morgan fingerprint density at radius 1 is 1.25 bits per heavy atom. The lowest BCUT2D eigenvalue weighted by atomic mass is 9.95. The number of hydrogen-bond acceptors (Lipinski definition) is 3. The molecule has 28 heavy (non-hydrogen) atoms. The molecule has 0 bridgehead atoms. The molecule has 1 fully saturated rings. The molecule has 4 nitrogen and oxygen atoms in total. The number of rotatable bonds is 6. The van der Waals surface area contributed by atoms with Crippen molar-refractivity contribution in [3.63, 3.8) is 0 Å². The second-order valence-corrected chi connectivity index (χ2v) is 7.78. The third kappa shape index (κ3) is 4.09. The van der Waals surface area contributed by atoms with E-state index in [-0.39, 0.29) is 12.0 Å². The van der Waals surface area contributed by atoms with E-state index in [2.05, 4.69) is 5.43 Å². The lowest BCUT2D eigenvalue weighted by Crippen LogP contribution is -2.51. The topological polar surface area (TPSA) is 41.6 Å². The van der Waals surface area contributed by atoms with Crippen LogP contribution in [0, 0.1) is 0 Å². The van der Waals surface area contributed by atoms with Crippen molar-refractivity contribution in [1.29, 1.82) is 0 Å². The molecule has 0 spiro atoms. The Bertz CT molecular complexity index is 864. The van der Waals surface area contributed by atoms with Crippen LogP contribution >= 0.6 is 0 Å². The van der Waals surface area contributed by atoms with Gasteiger partial charge >= 0.3 is 6.18 Å². The zero-order valence-corrected chi connectivity index (χ0v) is 16.3. The summed E-state index contributed by atoms with van der Waals surface area (Å²) in [4.78, 5) is 11.8. The van der Waals surface area contributed by atoms with Crippen LogP contribution in [0.15, 0.2) is 36.4 Å². The fraction of sp³-hybridized carbons (Fsp3) is 0.476. The molecule has 1 saturated heterocycles. The fourth-order valence-electron chi connectivity index (χ4n) is 3.59. The number of carbonyl (C=O) groups is 1. The van der Waals surface area contributed by atoms with Crippen molar-refractivity contribution in [3.8, 4) is 5.75 Å². The van der Waals surface area contributed by atoms with Gasteiger partial charge in [0.15, 0.2) is 6.04 Å². The van der Waals surface area contributed by atoms with Crippen molar-refractivity contribution in [1.82, 2.24) is 10.4 Å². The van der Waals surface area contributed by atoms with Crippen molar-refractivity contribution in [2.45, 2.75) is 57.8 Å². The van der Waals surface area contributed by atoms with Crippen LogP contribution in [0.5, 0.6) is 5.75 Å². The number of hydrogen-bond donors (Lipinski definition) is 1. The minimum absolute atomic E-state index is 0.0124. The van der Waals surface area contributed by atoms with Crippen LogP contribution in [0.25, 0.3) is 10.8 Å². The number of halogens is 3. The highest BCUT2D eigenvalue weighted by Gasteiger charge is 2.53. The number of unbranched alkanes of at least 4 members (excludes halogenated alkanes) is 1. The van der Waals surface area contributed by atoms with Crippen molar-refractivity contribution in [2.24, 2.45) is 0 Å². The SMILES string of the molecule is CCCCOc1cccc2ccc([C@H](N3NC(=O)CC3(C)C)C(F)(F)F)cc12. The summed E-state index contributed by atoms with van der Waals surface area (Å²) in [6, 6.07) is 8.16. The highest BCUT2D eigenvalue weighted by Crippen LogP contribution is 2.43. The van der Waals surface area contributed by atoms with Gasteiger partial charge in [0.05, 0.1) is 6.61 Å². The number of amides is 1. The van der Waals surface area contributed by atoms with Gasteiger partial charge in [-0.2, -0.15) is 18.2 Å². The predicted octanol–water partition coefficient (Wildman–Crippen LogP) is 5.14. The first-order valence-corrected chi connectivity index (χ1v) is 9.44. The largest absolute Gasteiger partial charge is 0.493 e. The Morgan fingerprint density at radius 3 is 2.61 bits per heavy atom. The van der Waals surface area contributed by atoms with Crippen molar-refractivity contribution >= 4 is 16.7 Å². The van der Waals surface area contributed by atoms with E-state index in [0.717, 1.165) is 23.2 Å². The Hall–Kier alpha value is -2.28. The molecule has 0 unspecified atom stereocenters. The lowest BCUT2D eigenvalue weighted by Gasteiger charge is -2.38. The maximum Gasteiger partial charge on any atom is 0.409 e. The smallest absolute Gasteiger partial charge is 0.409 e. The summed E-state index contributed by atoms with van der Waals surface area (Å²) in [7, 11) is 0. The first-order chi connectivity index (χ1) is 13.1. The van der Waals surface area contributed by atoms with Gasteiger partial charge in [-0.25, -0.2) is 0 Å². The highest BCUT2D eigenvalue weighted by atomic mass is 19.4. The number of alkyl halides is 3. The molecule has 1 N–H and O–H groups in total. The van der Waals surface area contributed by atoms with Gasteiger partial charge in [0.2, 0.25) is 5.91 Å². The molecule has 152 valence electrons. The molecule has 0 aromatic heterocycles. The lowest BCUT2D eigenvalue weighted by molar-refractivity contribution is -0.203. The summed E-state index contributed by atoms with van der Waals surface area (Å²) in [6.45, 7) is 5.82. The fourth-order valence-corrected chi connectivity index (χ4v) is 3.59. The van der Waals surface area contributed by atoms with Gasteiger partial charge in [0.25, 0.3) is 0 Å². The van der Waals surface area contributed by atoms with Crippen molar-refractivity contribution in [3.05, 3.63) is 42.0 Å². The maximum atomic E-state index is 14.1. The van der Waals surface area contributed by atoms with Gasteiger partial charge in [0, 0.05) is 17.3 Å². The van der Waals surface area contributed by atoms with Crippen LogP contribution in [0.3, 0.4) is 0 Å². The molecule has 1 atom stereocenters. The standard InChI is InChI=1S/C21H25F3N2O2/c1-4-5-11-28-17-8-6-7-14-9-10-15(12-16(14)17)19(21(22,23)24)26-20(2,3)13-18(27)25-26/h6-10,12,19H,4-5,11,13H2,1-3H3,(H,25,27)/t19-/m0/s1. The first-order valence-electron chi connectivity index (χ1n) is 9.44. The van der Waals surface area contributed by atoms with Gasteiger partial charge in [0.1, 0.15) is 5.75 Å². The van der Waals surface area contributed by atoms with E-state index in [4.69, 9.17) is 4.74 Å². The van der Waals surface area contributed by atoms with E-state index in [9.17, 15) is 18.0 Å². The molecular formula is C21H25F3N2O2. The van der Waals surface area contributed by atoms with Gasteiger partial charge in [-0.1, -0.05) is 37.6 Å². The van der Waals surface area contributed by atoms with E-state index in [1.165, 1.54) is 12.1 Å². The van der Waals surface area contributed by atoms with Gasteiger partial charge in [-0.3, -0.25) is 10.2 Å². The number of benzene rings is 2. The minimum atomic E-state index is -4.55. The molecule has 3 rings (SSSR count). The van der Waals surface area contributed by atoms with Crippen LogP contribution in [-0.2, 0) is 4.79 Å². The normalized spacial score (nSPS) is 18.3. The number of hydrazine groups is 1. The zero-order chi connectivity index (χ0) is 20.5. The van der Waals surface area contributed by atoms with Gasteiger partial charge in [-0.05, 0) is 43.4 Å². The molecule has 0 radical (unpaired) electrons. The molecule has 1 amide bonds. The zero-order valence-electron chi connectivity index (χ0n) is 16.3. The number of fused-ring (bicyclic) bond motifs is 1. The Kier molecular flexibility index (Phi) is 5.57. The second kappa shape index (κ2) is 7.62. The Labute approximate surface area is 162 Å². The van der Waals surface area contributed by atoms with E-state index in [1.807, 2.05) is 19.1 Å². The average Bonchev–Trinajstić information content (AvgIpc) is 2.86. The first kappa shape index (κ1) is 20.5. The maximum absolute atomic E-state index is 14.1. The summed E-state index contributed by atoms with van der Waals surface area (Å²) < 4.78 is 48.0. The molecule has 2 aromatic rings.